The number of nitrogen functional groups attached to an aromatic ring is 1. The lowest BCUT2D eigenvalue weighted by Crippen LogP contribution is -2.01. The Balaban J connectivity index is 2.19. The molecule has 1 aromatic carbocycles. The SMILES string of the molecule is CNc1nccc(-n2ccc3cc(N)ccc32)n1. The molecular formula is C13H13N5. The van der Waals surface area contributed by atoms with Crippen LogP contribution in [0.2, 0.25) is 0 Å². The summed E-state index contributed by atoms with van der Waals surface area (Å²) in [6.45, 7) is 0. The Morgan fingerprint density at radius 3 is 2.94 bits per heavy atom. The van der Waals surface area contributed by atoms with Crippen LogP contribution in [-0.2, 0) is 0 Å². The normalized spacial score (nSPS) is 10.7. The molecule has 0 atom stereocenters. The van der Waals surface area contributed by atoms with Crippen LogP contribution in [0.5, 0.6) is 0 Å². The van der Waals surface area contributed by atoms with Crippen molar-refractivity contribution in [2.75, 3.05) is 18.1 Å². The van der Waals surface area contributed by atoms with E-state index in [9.17, 15) is 0 Å². The zero-order valence-electron chi connectivity index (χ0n) is 9.96. The van der Waals surface area contributed by atoms with E-state index in [1.165, 1.54) is 0 Å². The third kappa shape index (κ3) is 1.66. The van der Waals surface area contributed by atoms with E-state index in [1.807, 2.05) is 41.1 Å². The highest BCUT2D eigenvalue weighted by molar-refractivity contribution is 5.84. The molecule has 5 nitrogen and oxygen atoms in total. The Morgan fingerprint density at radius 2 is 2.11 bits per heavy atom. The molecule has 2 aromatic heterocycles. The van der Waals surface area contributed by atoms with Crippen molar-refractivity contribution in [1.29, 1.82) is 0 Å². The molecule has 0 amide bonds. The third-order valence-corrected chi connectivity index (χ3v) is 2.83. The van der Waals surface area contributed by atoms with Crippen molar-refractivity contribution in [3.63, 3.8) is 0 Å². The molecule has 0 unspecified atom stereocenters. The van der Waals surface area contributed by atoms with Crippen LogP contribution in [0.25, 0.3) is 16.7 Å². The molecule has 3 rings (SSSR count). The zero-order valence-corrected chi connectivity index (χ0v) is 9.96. The number of aromatic nitrogens is 3. The summed E-state index contributed by atoms with van der Waals surface area (Å²) in [5, 5.41) is 4.03. The maximum Gasteiger partial charge on any atom is 0.224 e. The second-order valence-corrected chi connectivity index (χ2v) is 3.99. The minimum atomic E-state index is 0.602. The number of anilines is 2. The number of hydrogen-bond donors (Lipinski definition) is 2. The van der Waals surface area contributed by atoms with Gasteiger partial charge >= 0.3 is 0 Å². The molecule has 0 radical (unpaired) electrons. The first-order valence-electron chi connectivity index (χ1n) is 5.66. The zero-order chi connectivity index (χ0) is 12.5. The maximum absolute atomic E-state index is 5.77. The Hall–Kier alpha value is -2.56. The molecule has 0 aliphatic rings. The molecule has 0 saturated carbocycles. The third-order valence-electron chi connectivity index (χ3n) is 2.83. The summed E-state index contributed by atoms with van der Waals surface area (Å²) in [6.07, 6.45) is 3.71. The van der Waals surface area contributed by atoms with Crippen LogP contribution in [0, 0.1) is 0 Å². The highest BCUT2D eigenvalue weighted by Gasteiger charge is 2.05. The Bertz CT molecular complexity index is 701. The van der Waals surface area contributed by atoms with Crippen LogP contribution < -0.4 is 11.1 Å². The standard InChI is InChI=1S/C13H13N5/c1-15-13-16-6-4-12(17-13)18-7-5-9-8-10(14)2-3-11(9)18/h2-8H,14H2,1H3,(H,15,16,17). The molecule has 0 bridgehead atoms. The van der Waals surface area contributed by atoms with Crippen LogP contribution >= 0.6 is 0 Å². The van der Waals surface area contributed by atoms with E-state index >= 15 is 0 Å². The second-order valence-electron chi connectivity index (χ2n) is 3.99. The number of benzene rings is 1. The summed E-state index contributed by atoms with van der Waals surface area (Å²) >= 11 is 0. The van der Waals surface area contributed by atoms with E-state index in [1.54, 1.807) is 13.2 Å². The van der Waals surface area contributed by atoms with Gasteiger partial charge in [-0.05, 0) is 30.3 Å². The van der Waals surface area contributed by atoms with Crippen LogP contribution in [0.4, 0.5) is 11.6 Å². The summed E-state index contributed by atoms with van der Waals surface area (Å²) in [5.74, 6) is 1.43. The molecule has 90 valence electrons. The van der Waals surface area contributed by atoms with E-state index in [0.717, 1.165) is 22.4 Å². The minimum Gasteiger partial charge on any atom is -0.399 e. The van der Waals surface area contributed by atoms with Crippen molar-refractivity contribution in [2.45, 2.75) is 0 Å². The summed E-state index contributed by atoms with van der Waals surface area (Å²) in [7, 11) is 1.80. The van der Waals surface area contributed by atoms with Gasteiger partial charge in [-0.15, -0.1) is 0 Å². The van der Waals surface area contributed by atoms with Crippen LogP contribution in [0.1, 0.15) is 0 Å². The average Bonchev–Trinajstić information content (AvgIpc) is 2.81. The number of hydrogen-bond acceptors (Lipinski definition) is 4. The highest BCUT2D eigenvalue weighted by Crippen LogP contribution is 2.21. The van der Waals surface area contributed by atoms with Gasteiger partial charge in [0.2, 0.25) is 5.95 Å². The summed E-state index contributed by atoms with van der Waals surface area (Å²) in [4.78, 5) is 8.52. The molecule has 3 N–H and O–H groups in total. The lowest BCUT2D eigenvalue weighted by atomic mass is 10.2. The van der Waals surface area contributed by atoms with E-state index in [0.29, 0.717) is 5.95 Å². The number of fused-ring (bicyclic) bond motifs is 1. The quantitative estimate of drug-likeness (QED) is 0.671. The summed E-state index contributed by atoms with van der Waals surface area (Å²) < 4.78 is 2.01. The van der Waals surface area contributed by atoms with Crippen LogP contribution in [0.3, 0.4) is 0 Å². The van der Waals surface area contributed by atoms with Crippen molar-refractivity contribution < 1.29 is 0 Å². The van der Waals surface area contributed by atoms with E-state index < -0.39 is 0 Å². The molecule has 0 saturated heterocycles. The van der Waals surface area contributed by atoms with Gasteiger partial charge in [-0.2, -0.15) is 4.98 Å². The van der Waals surface area contributed by atoms with Gasteiger partial charge in [0.1, 0.15) is 5.82 Å². The van der Waals surface area contributed by atoms with Gasteiger partial charge in [0.25, 0.3) is 0 Å². The van der Waals surface area contributed by atoms with Crippen molar-refractivity contribution in [3.05, 3.63) is 42.7 Å². The first kappa shape index (κ1) is 10.6. The summed E-state index contributed by atoms with van der Waals surface area (Å²) in [5.41, 5.74) is 7.61. The van der Waals surface area contributed by atoms with Crippen molar-refractivity contribution in [2.24, 2.45) is 0 Å². The van der Waals surface area contributed by atoms with Crippen LogP contribution in [0.15, 0.2) is 42.7 Å². The lowest BCUT2D eigenvalue weighted by Gasteiger charge is -2.06. The lowest BCUT2D eigenvalue weighted by molar-refractivity contribution is 1.01. The van der Waals surface area contributed by atoms with Crippen molar-refractivity contribution >= 4 is 22.5 Å². The first-order valence-corrected chi connectivity index (χ1v) is 5.66. The Kier molecular flexibility index (Phi) is 2.37. The van der Waals surface area contributed by atoms with Crippen LogP contribution in [-0.4, -0.2) is 21.6 Å². The molecule has 18 heavy (non-hydrogen) atoms. The molecule has 0 aliphatic carbocycles. The van der Waals surface area contributed by atoms with Gasteiger partial charge in [-0.1, -0.05) is 0 Å². The summed E-state index contributed by atoms with van der Waals surface area (Å²) in [6, 6.07) is 9.72. The predicted molar refractivity (Wildman–Crippen MR) is 72.8 cm³/mol. The molecule has 3 aromatic rings. The molecule has 0 aliphatic heterocycles. The first-order chi connectivity index (χ1) is 8.78. The highest BCUT2D eigenvalue weighted by atomic mass is 15.1. The van der Waals surface area contributed by atoms with E-state index in [2.05, 4.69) is 15.3 Å². The monoisotopic (exact) mass is 239 g/mol. The largest absolute Gasteiger partial charge is 0.399 e. The van der Waals surface area contributed by atoms with Gasteiger partial charge in [-0.3, -0.25) is 0 Å². The van der Waals surface area contributed by atoms with Gasteiger partial charge in [0, 0.05) is 30.5 Å². The average molecular weight is 239 g/mol. The molecule has 2 heterocycles. The maximum atomic E-state index is 5.77. The topological polar surface area (TPSA) is 68.8 Å². The van der Waals surface area contributed by atoms with Gasteiger partial charge in [0.15, 0.2) is 0 Å². The van der Waals surface area contributed by atoms with Gasteiger partial charge < -0.3 is 15.6 Å². The fourth-order valence-electron chi connectivity index (χ4n) is 1.96. The number of rotatable bonds is 2. The van der Waals surface area contributed by atoms with Crippen molar-refractivity contribution in [3.8, 4) is 5.82 Å². The Labute approximate surface area is 104 Å². The van der Waals surface area contributed by atoms with Gasteiger partial charge in [-0.25, -0.2) is 4.98 Å². The van der Waals surface area contributed by atoms with E-state index in [4.69, 9.17) is 5.73 Å². The molecule has 0 fully saturated rings. The number of nitrogens with zero attached hydrogens (tertiary/aromatic N) is 3. The molecule has 5 heteroatoms. The smallest absolute Gasteiger partial charge is 0.224 e. The van der Waals surface area contributed by atoms with E-state index in [-0.39, 0.29) is 0 Å². The molecular weight excluding hydrogens is 226 g/mol. The number of nitrogens with one attached hydrogen (secondary N) is 1. The molecule has 0 spiro atoms. The predicted octanol–water partition coefficient (Wildman–Crippen LogP) is 2.04. The second kappa shape index (κ2) is 4.03. The fourth-order valence-corrected chi connectivity index (χ4v) is 1.96. The van der Waals surface area contributed by atoms with Gasteiger partial charge in [0.05, 0.1) is 5.52 Å². The Morgan fingerprint density at radius 1 is 1.22 bits per heavy atom. The minimum absolute atomic E-state index is 0.602. The van der Waals surface area contributed by atoms with Crippen molar-refractivity contribution in [1.82, 2.24) is 14.5 Å². The number of nitrogens with two attached hydrogens (primary N) is 1. The fraction of sp³-hybridized carbons (Fsp3) is 0.0769.